The van der Waals surface area contributed by atoms with Crippen LogP contribution in [0.4, 0.5) is 0 Å². The van der Waals surface area contributed by atoms with Gasteiger partial charge in [-0.1, -0.05) is 39.3 Å². The van der Waals surface area contributed by atoms with Crippen molar-refractivity contribution in [1.82, 2.24) is 0 Å². The molecule has 11 heteroatoms. The summed E-state index contributed by atoms with van der Waals surface area (Å²) in [6, 6.07) is 0. The van der Waals surface area contributed by atoms with Gasteiger partial charge in [0.1, 0.15) is 41.7 Å². The van der Waals surface area contributed by atoms with E-state index in [0.29, 0.717) is 13.0 Å². The summed E-state index contributed by atoms with van der Waals surface area (Å²) in [7, 11) is 3.19. The molecule has 44 heavy (non-hydrogen) atoms. The highest BCUT2D eigenvalue weighted by Crippen LogP contribution is 2.59. The molecule has 5 fully saturated rings. The molecule has 0 amide bonds. The molecule has 0 aromatic carbocycles. The monoisotopic (exact) mass is 622 g/mol. The average molecular weight is 623 g/mol. The number of methoxy groups -OCH3 is 2. The lowest BCUT2D eigenvalue weighted by Crippen LogP contribution is -2.70. The Labute approximate surface area is 259 Å². The van der Waals surface area contributed by atoms with E-state index in [9.17, 15) is 15.3 Å². The average Bonchev–Trinajstić information content (AvgIpc) is 3.48. The van der Waals surface area contributed by atoms with Gasteiger partial charge in [0.15, 0.2) is 12.6 Å². The number of aliphatic hydroxyl groups is 3. The van der Waals surface area contributed by atoms with Crippen LogP contribution in [0.15, 0.2) is 22.8 Å². The van der Waals surface area contributed by atoms with Crippen LogP contribution >= 0.6 is 0 Å². The molecule has 0 aromatic rings. The molecule has 4 aliphatic heterocycles. The van der Waals surface area contributed by atoms with Gasteiger partial charge in [-0.25, -0.2) is 0 Å². The second kappa shape index (κ2) is 10.8. The zero-order chi connectivity index (χ0) is 31.4. The van der Waals surface area contributed by atoms with E-state index in [1.165, 1.54) is 5.57 Å². The number of epoxide rings is 1. The Morgan fingerprint density at radius 3 is 2.48 bits per heavy atom. The van der Waals surface area contributed by atoms with Crippen molar-refractivity contribution in [3.8, 4) is 0 Å². The van der Waals surface area contributed by atoms with Crippen LogP contribution in [-0.4, -0.2) is 116 Å². The Balaban J connectivity index is 1.25. The summed E-state index contributed by atoms with van der Waals surface area (Å²) >= 11 is 0. The smallest absolute Gasteiger partial charge is 0.230 e. The van der Waals surface area contributed by atoms with Crippen LogP contribution in [-0.2, 0) is 37.9 Å². The standard InChI is InChI=1S/C33H50O11/c1-16(2)18-8-10-30(4)12-20-19(9-11-32(20,36)15-38-7)17(3)24(34)26(23(18)30)41-28-25(35)27-33(22(40-28)13-37-6)43-29(42-27)31(5,44-33)21-14-39-21/h12,16-17,19,21-22,24-29,34-36H,8-11,13-15H2,1-7H3/t17-,19+,21+,22?,24-,25?,26?,27?,28?,29?,30-,31+,32+,33+/m1/s1. The lowest BCUT2D eigenvalue weighted by molar-refractivity contribution is -0.385. The van der Waals surface area contributed by atoms with Crippen LogP contribution in [0.3, 0.4) is 0 Å². The molecule has 3 N–H and O–H groups in total. The molecule has 7 rings (SSSR count). The Bertz CT molecular complexity index is 1200. The fourth-order valence-electron chi connectivity index (χ4n) is 9.18. The summed E-state index contributed by atoms with van der Waals surface area (Å²) in [5.74, 6) is -1.45. The number of ether oxygens (including phenoxy) is 8. The van der Waals surface area contributed by atoms with Gasteiger partial charge >= 0.3 is 0 Å². The van der Waals surface area contributed by atoms with E-state index in [1.54, 1.807) is 14.2 Å². The topological polar surface area (TPSA) is 138 Å². The fraction of sp³-hybridized carbons (Fsp3) is 0.879. The lowest BCUT2D eigenvalue weighted by Gasteiger charge is -2.50. The van der Waals surface area contributed by atoms with E-state index in [2.05, 4.69) is 26.8 Å². The van der Waals surface area contributed by atoms with E-state index < -0.39 is 65.5 Å². The molecular weight excluding hydrogens is 572 g/mol. The van der Waals surface area contributed by atoms with Crippen molar-refractivity contribution in [2.75, 3.05) is 34.0 Å². The Hall–Kier alpha value is -0.960. The van der Waals surface area contributed by atoms with Crippen molar-refractivity contribution in [2.24, 2.45) is 23.2 Å². The first kappa shape index (κ1) is 31.6. The Kier molecular flexibility index (Phi) is 7.75. The molecule has 1 spiro atoms. The third kappa shape index (κ3) is 4.49. The van der Waals surface area contributed by atoms with Gasteiger partial charge < -0.3 is 53.2 Å². The molecule has 11 nitrogen and oxygen atoms in total. The van der Waals surface area contributed by atoms with Gasteiger partial charge in [0.05, 0.1) is 25.9 Å². The maximum Gasteiger partial charge on any atom is 0.230 e. The number of fused-ring (bicyclic) bond motifs is 3. The lowest BCUT2D eigenvalue weighted by atomic mass is 9.68. The van der Waals surface area contributed by atoms with Crippen molar-refractivity contribution < 1.29 is 53.2 Å². The van der Waals surface area contributed by atoms with Gasteiger partial charge in [-0.3, -0.25) is 0 Å². The van der Waals surface area contributed by atoms with Crippen molar-refractivity contribution >= 4 is 0 Å². The molecule has 4 heterocycles. The normalized spacial score (nSPS) is 52.9. The fourth-order valence-corrected chi connectivity index (χ4v) is 9.18. The SMILES string of the molecule is COCC1OC(OC2C3=C(C(C)C)CC[C@]3(C)C=C3[C@@H](CC[C@]3(O)COC)[C@@H](C)[C@H]2O)C(O)C2OC3O[C@]12O[C@@]3(C)[C@@H]1CO1. The molecule has 4 saturated heterocycles. The summed E-state index contributed by atoms with van der Waals surface area (Å²) in [5, 5.41) is 35.7. The molecule has 3 aliphatic carbocycles. The van der Waals surface area contributed by atoms with Crippen molar-refractivity contribution in [2.45, 2.75) is 126 Å². The highest BCUT2D eigenvalue weighted by Gasteiger charge is 2.77. The third-order valence-corrected chi connectivity index (χ3v) is 11.7. The van der Waals surface area contributed by atoms with Gasteiger partial charge in [0.2, 0.25) is 5.79 Å². The van der Waals surface area contributed by atoms with E-state index in [4.69, 9.17) is 37.9 Å². The van der Waals surface area contributed by atoms with Gasteiger partial charge in [-0.05, 0) is 61.5 Å². The minimum absolute atomic E-state index is 0.0440. The van der Waals surface area contributed by atoms with Crippen LogP contribution in [0, 0.1) is 23.2 Å². The molecule has 0 radical (unpaired) electrons. The van der Waals surface area contributed by atoms with E-state index in [0.717, 1.165) is 30.4 Å². The third-order valence-electron chi connectivity index (χ3n) is 11.7. The minimum Gasteiger partial charge on any atom is -0.390 e. The zero-order valence-electron chi connectivity index (χ0n) is 27.0. The van der Waals surface area contributed by atoms with Crippen LogP contribution < -0.4 is 0 Å². The van der Waals surface area contributed by atoms with Crippen molar-refractivity contribution in [1.29, 1.82) is 0 Å². The van der Waals surface area contributed by atoms with Crippen LogP contribution in [0.25, 0.3) is 0 Å². The number of hydrogen-bond acceptors (Lipinski definition) is 11. The molecule has 0 aromatic heterocycles. The minimum atomic E-state index is -1.38. The maximum absolute atomic E-state index is 12.2. The maximum atomic E-state index is 12.2. The first-order valence-electron chi connectivity index (χ1n) is 16.3. The Morgan fingerprint density at radius 2 is 1.82 bits per heavy atom. The van der Waals surface area contributed by atoms with E-state index >= 15 is 0 Å². The summed E-state index contributed by atoms with van der Waals surface area (Å²) in [4.78, 5) is 0. The summed E-state index contributed by atoms with van der Waals surface area (Å²) in [5.41, 5.74) is 0.814. The molecule has 6 unspecified atom stereocenters. The van der Waals surface area contributed by atoms with E-state index in [-0.39, 0.29) is 37.1 Å². The van der Waals surface area contributed by atoms with Crippen molar-refractivity contribution in [3.05, 3.63) is 22.8 Å². The van der Waals surface area contributed by atoms with E-state index in [1.807, 2.05) is 13.8 Å². The van der Waals surface area contributed by atoms with Crippen molar-refractivity contribution in [3.63, 3.8) is 0 Å². The number of allylic oxidation sites excluding steroid dienone is 2. The van der Waals surface area contributed by atoms with Crippen LogP contribution in [0.2, 0.25) is 0 Å². The quantitative estimate of drug-likeness (QED) is 0.271. The second-order valence-electron chi connectivity index (χ2n) is 14.9. The summed E-state index contributed by atoms with van der Waals surface area (Å²) in [6.45, 7) is 11.3. The van der Waals surface area contributed by atoms with Crippen LogP contribution in [0.5, 0.6) is 0 Å². The first-order valence-corrected chi connectivity index (χ1v) is 16.3. The van der Waals surface area contributed by atoms with Crippen LogP contribution in [0.1, 0.15) is 60.3 Å². The highest BCUT2D eigenvalue weighted by atomic mass is 16.9. The van der Waals surface area contributed by atoms with Gasteiger partial charge in [-0.2, -0.15) is 0 Å². The molecule has 248 valence electrons. The Morgan fingerprint density at radius 1 is 1.07 bits per heavy atom. The van der Waals surface area contributed by atoms with Gasteiger partial charge in [0, 0.05) is 19.6 Å². The molecule has 7 aliphatic rings. The molecular formula is C33H50O11. The number of rotatable bonds is 8. The van der Waals surface area contributed by atoms with Gasteiger partial charge in [-0.15, -0.1) is 0 Å². The molecule has 2 bridgehead atoms. The number of aliphatic hydroxyl groups excluding tert-OH is 2. The largest absolute Gasteiger partial charge is 0.390 e. The summed E-state index contributed by atoms with van der Waals surface area (Å²) < 4.78 is 49.0. The number of hydrogen-bond donors (Lipinski definition) is 3. The molecule has 14 atom stereocenters. The predicted octanol–water partition coefficient (Wildman–Crippen LogP) is 2.21. The first-order chi connectivity index (χ1) is 20.8. The molecule has 1 saturated carbocycles. The highest BCUT2D eigenvalue weighted by molar-refractivity contribution is 5.42. The second-order valence-corrected chi connectivity index (χ2v) is 14.9. The predicted molar refractivity (Wildman–Crippen MR) is 155 cm³/mol. The summed E-state index contributed by atoms with van der Waals surface area (Å²) in [6.07, 6.45) is -1.41. The zero-order valence-corrected chi connectivity index (χ0v) is 27.0. The van der Waals surface area contributed by atoms with Gasteiger partial charge in [0.25, 0.3) is 0 Å².